The minimum absolute atomic E-state index is 0.0611. The standard InChI is InChI=1S/C14H19F3O/c1-12(2,3)10-5-7-11(8-6-10)13(4,18)9-14(15,16)17/h5-8,18H,9H2,1-4H3. The second-order valence-electron chi connectivity index (χ2n) is 5.89. The Labute approximate surface area is 106 Å². The normalized spacial score (nSPS) is 16.4. The van der Waals surface area contributed by atoms with Crippen LogP contribution in [-0.4, -0.2) is 11.3 Å². The minimum Gasteiger partial charge on any atom is -0.385 e. The van der Waals surface area contributed by atoms with Crippen molar-refractivity contribution in [3.05, 3.63) is 35.4 Å². The summed E-state index contributed by atoms with van der Waals surface area (Å²) in [5.74, 6) is 0. The molecule has 1 unspecified atom stereocenters. The van der Waals surface area contributed by atoms with Gasteiger partial charge in [0.15, 0.2) is 0 Å². The fourth-order valence-corrected chi connectivity index (χ4v) is 1.82. The van der Waals surface area contributed by atoms with Crippen molar-refractivity contribution in [3.8, 4) is 0 Å². The lowest BCUT2D eigenvalue weighted by Crippen LogP contribution is -2.29. The lowest BCUT2D eigenvalue weighted by atomic mass is 9.84. The van der Waals surface area contributed by atoms with E-state index in [0.717, 1.165) is 5.56 Å². The second kappa shape index (κ2) is 4.57. The fourth-order valence-electron chi connectivity index (χ4n) is 1.82. The lowest BCUT2D eigenvalue weighted by molar-refractivity contribution is -0.174. The molecule has 0 bridgehead atoms. The molecule has 0 aliphatic rings. The van der Waals surface area contributed by atoms with Gasteiger partial charge in [-0.05, 0) is 23.5 Å². The number of alkyl halides is 3. The Hall–Kier alpha value is -1.03. The Morgan fingerprint density at radius 2 is 1.28 bits per heavy atom. The van der Waals surface area contributed by atoms with Gasteiger partial charge in [0.05, 0.1) is 12.0 Å². The summed E-state index contributed by atoms with van der Waals surface area (Å²) in [5, 5.41) is 9.90. The van der Waals surface area contributed by atoms with Crippen LogP contribution < -0.4 is 0 Å². The van der Waals surface area contributed by atoms with Crippen LogP contribution in [0.25, 0.3) is 0 Å². The van der Waals surface area contributed by atoms with Gasteiger partial charge >= 0.3 is 6.18 Å². The Balaban J connectivity index is 2.98. The monoisotopic (exact) mass is 260 g/mol. The Morgan fingerprint density at radius 1 is 0.889 bits per heavy atom. The van der Waals surface area contributed by atoms with Crippen LogP contribution in [-0.2, 0) is 11.0 Å². The summed E-state index contributed by atoms with van der Waals surface area (Å²) in [6, 6.07) is 6.65. The summed E-state index contributed by atoms with van der Waals surface area (Å²) in [6.45, 7) is 7.26. The molecule has 0 saturated heterocycles. The van der Waals surface area contributed by atoms with E-state index in [1.54, 1.807) is 24.3 Å². The Kier molecular flexibility index (Phi) is 3.82. The van der Waals surface area contributed by atoms with Crippen LogP contribution >= 0.6 is 0 Å². The number of benzene rings is 1. The van der Waals surface area contributed by atoms with Crippen LogP contribution in [0.5, 0.6) is 0 Å². The predicted octanol–water partition coefficient (Wildman–Crippen LogP) is 4.14. The molecule has 0 radical (unpaired) electrons. The van der Waals surface area contributed by atoms with E-state index in [1.165, 1.54) is 6.92 Å². The average Bonchev–Trinajstić information content (AvgIpc) is 2.13. The summed E-state index contributed by atoms with van der Waals surface area (Å²) >= 11 is 0. The highest BCUT2D eigenvalue weighted by Crippen LogP contribution is 2.35. The smallest absolute Gasteiger partial charge is 0.385 e. The molecule has 0 aliphatic carbocycles. The first-order valence-electron chi connectivity index (χ1n) is 5.82. The number of hydrogen-bond acceptors (Lipinski definition) is 1. The topological polar surface area (TPSA) is 20.2 Å². The van der Waals surface area contributed by atoms with Crippen LogP contribution in [0.1, 0.15) is 45.2 Å². The zero-order valence-electron chi connectivity index (χ0n) is 11.1. The summed E-state index contributed by atoms with van der Waals surface area (Å²) in [4.78, 5) is 0. The van der Waals surface area contributed by atoms with Gasteiger partial charge < -0.3 is 5.11 Å². The third-order valence-electron chi connectivity index (χ3n) is 2.92. The average molecular weight is 260 g/mol. The number of halogens is 3. The van der Waals surface area contributed by atoms with Crippen LogP contribution in [0.15, 0.2) is 24.3 Å². The van der Waals surface area contributed by atoms with Gasteiger partial charge in [0, 0.05) is 0 Å². The lowest BCUT2D eigenvalue weighted by Gasteiger charge is -2.26. The van der Waals surface area contributed by atoms with Crippen LogP contribution in [0, 0.1) is 0 Å². The van der Waals surface area contributed by atoms with E-state index in [-0.39, 0.29) is 11.0 Å². The summed E-state index contributed by atoms with van der Waals surface area (Å²) in [5.41, 5.74) is -0.634. The van der Waals surface area contributed by atoms with Gasteiger partial charge in [0.1, 0.15) is 0 Å². The molecule has 0 fully saturated rings. The Morgan fingerprint density at radius 3 is 1.61 bits per heavy atom. The molecule has 0 amide bonds. The first-order valence-corrected chi connectivity index (χ1v) is 5.82. The SMILES string of the molecule is CC(C)(C)c1ccc(C(C)(O)CC(F)(F)F)cc1. The van der Waals surface area contributed by atoms with Crippen LogP contribution in [0.2, 0.25) is 0 Å². The highest BCUT2D eigenvalue weighted by atomic mass is 19.4. The van der Waals surface area contributed by atoms with Crippen molar-refractivity contribution in [2.45, 2.75) is 51.3 Å². The summed E-state index contributed by atoms with van der Waals surface area (Å²) < 4.78 is 37.0. The van der Waals surface area contributed by atoms with Gasteiger partial charge in [0.25, 0.3) is 0 Å². The summed E-state index contributed by atoms with van der Waals surface area (Å²) in [6.07, 6.45) is -5.62. The molecule has 102 valence electrons. The number of hydrogen-bond donors (Lipinski definition) is 1. The van der Waals surface area contributed by atoms with Gasteiger partial charge in [-0.15, -0.1) is 0 Å². The largest absolute Gasteiger partial charge is 0.392 e. The van der Waals surface area contributed by atoms with Crippen molar-refractivity contribution in [2.75, 3.05) is 0 Å². The highest BCUT2D eigenvalue weighted by molar-refractivity contribution is 5.30. The third kappa shape index (κ3) is 4.02. The molecule has 4 heteroatoms. The first-order chi connectivity index (χ1) is 7.92. The van der Waals surface area contributed by atoms with E-state index in [2.05, 4.69) is 0 Å². The molecular weight excluding hydrogens is 241 g/mol. The molecule has 0 heterocycles. The van der Waals surface area contributed by atoms with Crippen molar-refractivity contribution in [2.24, 2.45) is 0 Å². The maximum atomic E-state index is 12.3. The molecule has 1 aromatic carbocycles. The molecule has 1 atom stereocenters. The molecule has 0 aliphatic heterocycles. The van der Waals surface area contributed by atoms with Gasteiger partial charge in [0.2, 0.25) is 0 Å². The Bertz CT molecular complexity index is 397. The van der Waals surface area contributed by atoms with E-state index >= 15 is 0 Å². The van der Waals surface area contributed by atoms with E-state index in [0.29, 0.717) is 0 Å². The molecule has 1 N–H and O–H groups in total. The molecule has 1 aromatic rings. The molecular formula is C14H19F3O. The van der Waals surface area contributed by atoms with E-state index in [9.17, 15) is 18.3 Å². The van der Waals surface area contributed by atoms with Gasteiger partial charge in [-0.25, -0.2) is 0 Å². The maximum absolute atomic E-state index is 12.3. The zero-order chi connectivity index (χ0) is 14.2. The van der Waals surface area contributed by atoms with Crippen molar-refractivity contribution < 1.29 is 18.3 Å². The zero-order valence-corrected chi connectivity index (χ0v) is 11.1. The van der Waals surface area contributed by atoms with Crippen molar-refractivity contribution >= 4 is 0 Å². The van der Waals surface area contributed by atoms with Crippen molar-refractivity contribution in [1.29, 1.82) is 0 Å². The highest BCUT2D eigenvalue weighted by Gasteiger charge is 2.39. The third-order valence-corrected chi connectivity index (χ3v) is 2.92. The van der Waals surface area contributed by atoms with E-state index in [4.69, 9.17) is 0 Å². The number of rotatable bonds is 2. The second-order valence-corrected chi connectivity index (χ2v) is 5.89. The molecule has 0 aromatic heterocycles. The molecule has 0 spiro atoms. The molecule has 1 rings (SSSR count). The molecule has 1 nitrogen and oxygen atoms in total. The van der Waals surface area contributed by atoms with Crippen molar-refractivity contribution in [1.82, 2.24) is 0 Å². The quantitative estimate of drug-likeness (QED) is 0.847. The fraction of sp³-hybridized carbons (Fsp3) is 0.571. The maximum Gasteiger partial charge on any atom is 0.392 e. The molecule has 18 heavy (non-hydrogen) atoms. The first kappa shape index (κ1) is 15.0. The van der Waals surface area contributed by atoms with Crippen molar-refractivity contribution in [3.63, 3.8) is 0 Å². The van der Waals surface area contributed by atoms with Gasteiger partial charge in [-0.2, -0.15) is 13.2 Å². The van der Waals surface area contributed by atoms with E-state index in [1.807, 2.05) is 20.8 Å². The number of aliphatic hydroxyl groups is 1. The van der Waals surface area contributed by atoms with Gasteiger partial charge in [-0.3, -0.25) is 0 Å². The predicted molar refractivity (Wildman–Crippen MR) is 65.4 cm³/mol. The molecule has 0 saturated carbocycles. The summed E-state index contributed by atoms with van der Waals surface area (Å²) in [7, 11) is 0. The van der Waals surface area contributed by atoms with Crippen LogP contribution in [0.4, 0.5) is 13.2 Å². The van der Waals surface area contributed by atoms with Gasteiger partial charge in [-0.1, -0.05) is 45.0 Å². The minimum atomic E-state index is -4.38. The van der Waals surface area contributed by atoms with E-state index < -0.39 is 18.2 Å². The van der Waals surface area contributed by atoms with Crippen LogP contribution in [0.3, 0.4) is 0 Å².